The van der Waals surface area contributed by atoms with E-state index in [0.717, 1.165) is 18.4 Å². The zero-order chi connectivity index (χ0) is 13.4. The standard InChI is InChI=1S/C15H21N3O/c1-18(9-12-8-10-5-6-11(12)7-10)15(19)13-3-2-4-14(16)17-13/h2-4,10-12H,5-9H2,1H3,(H2,16,17). The van der Waals surface area contributed by atoms with Crippen LogP contribution in [0.1, 0.15) is 36.2 Å². The van der Waals surface area contributed by atoms with E-state index in [1.807, 2.05) is 11.9 Å². The molecule has 0 radical (unpaired) electrons. The number of nitrogens with two attached hydrogens (primary N) is 1. The SMILES string of the molecule is CN(CC1CC2CCC1C2)C(=O)c1cccc(N)n1. The van der Waals surface area contributed by atoms with E-state index in [2.05, 4.69) is 4.98 Å². The summed E-state index contributed by atoms with van der Waals surface area (Å²) in [6.45, 7) is 0.858. The minimum absolute atomic E-state index is 0.0185. The highest BCUT2D eigenvalue weighted by atomic mass is 16.2. The average Bonchev–Trinajstić information content (AvgIpc) is 3.00. The Morgan fingerprint density at radius 2 is 2.26 bits per heavy atom. The maximum Gasteiger partial charge on any atom is 0.272 e. The lowest BCUT2D eigenvalue weighted by atomic mass is 9.88. The summed E-state index contributed by atoms with van der Waals surface area (Å²) in [6, 6.07) is 5.21. The number of pyridine rings is 1. The molecule has 2 N–H and O–H groups in total. The van der Waals surface area contributed by atoms with Crippen molar-refractivity contribution in [2.45, 2.75) is 25.7 Å². The zero-order valence-electron chi connectivity index (χ0n) is 11.4. The Balaban J connectivity index is 1.64. The van der Waals surface area contributed by atoms with Crippen LogP contribution < -0.4 is 5.73 Å². The van der Waals surface area contributed by atoms with Gasteiger partial charge in [0.05, 0.1) is 0 Å². The van der Waals surface area contributed by atoms with Gasteiger partial charge in [-0.3, -0.25) is 4.79 Å². The maximum absolute atomic E-state index is 12.3. The first kappa shape index (κ1) is 12.5. The van der Waals surface area contributed by atoms with Gasteiger partial charge in [0.1, 0.15) is 11.5 Å². The fraction of sp³-hybridized carbons (Fsp3) is 0.600. The van der Waals surface area contributed by atoms with Gasteiger partial charge in [-0.1, -0.05) is 12.5 Å². The molecule has 2 bridgehead atoms. The smallest absolute Gasteiger partial charge is 0.272 e. The van der Waals surface area contributed by atoms with Gasteiger partial charge < -0.3 is 10.6 Å². The molecule has 0 spiro atoms. The van der Waals surface area contributed by atoms with Crippen LogP contribution in [0.15, 0.2) is 18.2 Å². The number of carbonyl (C=O) groups is 1. The molecule has 3 atom stereocenters. The van der Waals surface area contributed by atoms with Gasteiger partial charge in [-0.2, -0.15) is 0 Å². The third-order valence-corrected chi connectivity index (χ3v) is 4.73. The summed E-state index contributed by atoms with van der Waals surface area (Å²) in [6.07, 6.45) is 5.43. The predicted molar refractivity (Wildman–Crippen MR) is 74.5 cm³/mol. The topological polar surface area (TPSA) is 59.2 Å². The van der Waals surface area contributed by atoms with Crippen molar-refractivity contribution in [3.63, 3.8) is 0 Å². The van der Waals surface area contributed by atoms with E-state index in [-0.39, 0.29) is 5.91 Å². The Kier molecular flexibility index (Phi) is 3.17. The number of aromatic nitrogens is 1. The Hall–Kier alpha value is -1.58. The van der Waals surface area contributed by atoms with E-state index < -0.39 is 0 Å². The molecule has 0 aromatic carbocycles. The second-order valence-corrected chi connectivity index (χ2v) is 6.07. The van der Waals surface area contributed by atoms with Crippen LogP contribution in [0.25, 0.3) is 0 Å². The summed E-state index contributed by atoms with van der Waals surface area (Å²) >= 11 is 0. The van der Waals surface area contributed by atoms with E-state index in [1.165, 1.54) is 25.7 Å². The number of carbonyl (C=O) groups excluding carboxylic acids is 1. The molecule has 102 valence electrons. The molecule has 2 saturated carbocycles. The third kappa shape index (κ3) is 2.44. The van der Waals surface area contributed by atoms with Crippen molar-refractivity contribution < 1.29 is 4.79 Å². The molecule has 1 amide bonds. The number of anilines is 1. The van der Waals surface area contributed by atoms with Gasteiger partial charge in [-0.25, -0.2) is 4.98 Å². The fourth-order valence-corrected chi connectivity index (χ4v) is 3.80. The number of nitrogens with zero attached hydrogens (tertiary/aromatic N) is 2. The molecule has 2 aliphatic rings. The Bertz CT molecular complexity index is 488. The zero-order valence-corrected chi connectivity index (χ0v) is 11.4. The summed E-state index contributed by atoms with van der Waals surface area (Å²) in [5.41, 5.74) is 6.08. The van der Waals surface area contributed by atoms with Gasteiger partial charge >= 0.3 is 0 Å². The number of rotatable bonds is 3. The summed E-state index contributed by atoms with van der Waals surface area (Å²) in [5, 5.41) is 0. The van der Waals surface area contributed by atoms with Gasteiger partial charge in [-0.15, -0.1) is 0 Å². The van der Waals surface area contributed by atoms with Crippen LogP contribution in [-0.2, 0) is 0 Å². The third-order valence-electron chi connectivity index (χ3n) is 4.73. The minimum Gasteiger partial charge on any atom is -0.384 e. The Labute approximate surface area is 114 Å². The lowest BCUT2D eigenvalue weighted by molar-refractivity contribution is 0.0748. The van der Waals surface area contributed by atoms with E-state index in [4.69, 9.17) is 5.73 Å². The van der Waals surface area contributed by atoms with Crippen LogP contribution in [-0.4, -0.2) is 29.4 Å². The lowest BCUT2D eigenvalue weighted by Crippen LogP contribution is -2.34. The molecule has 1 aromatic rings. The van der Waals surface area contributed by atoms with Crippen molar-refractivity contribution in [2.24, 2.45) is 17.8 Å². The first-order valence-electron chi connectivity index (χ1n) is 7.11. The van der Waals surface area contributed by atoms with Crippen LogP contribution >= 0.6 is 0 Å². The van der Waals surface area contributed by atoms with Crippen molar-refractivity contribution in [1.82, 2.24) is 9.88 Å². The summed E-state index contributed by atoms with van der Waals surface area (Å²) in [7, 11) is 1.87. The quantitative estimate of drug-likeness (QED) is 0.905. The van der Waals surface area contributed by atoms with Crippen LogP contribution in [0.3, 0.4) is 0 Å². The first-order chi connectivity index (χ1) is 9.13. The highest BCUT2D eigenvalue weighted by Gasteiger charge is 2.40. The van der Waals surface area contributed by atoms with Crippen molar-refractivity contribution in [3.8, 4) is 0 Å². The molecule has 0 saturated heterocycles. The molecular weight excluding hydrogens is 238 g/mol. The fourth-order valence-electron chi connectivity index (χ4n) is 3.80. The number of amides is 1. The number of fused-ring (bicyclic) bond motifs is 2. The maximum atomic E-state index is 12.3. The monoisotopic (exact) mass is 259 g/mol. The largest absolute Gasteiger partial charge is 0.384 e. The van der Waals surface area contributed by atoms with Gasteiger partial charge in [0.15, 0.2) is 0 Å². The van der Waals surface area contributed by atoms with Crippen LogP contribution in [0.2, 0.25) is 0 Å². The van der Waals surface area contributed by atoms with Crippen molar-refractivity contribution >= 4 is 11.7 Å². The van der Waals surface area contributed by atoms with Crippen LogP contribution in [0.5, 0.6) is 0 Å². The van der Waals surface area contributed by atoms with Crippen LogP contribution in [0, 0.1) is 17.8 Å². The Morgan fingerprint density at radius 3 is 2.89 bits per heavy atom. The molecule has 1 heterocycles. The van der Waals surface area contributed by atoms with E-state index >= 15 is 0 Å². The second-order valence-electron chi connectivity index (χ2n) is 6.07. The number of hydrogen-bond donors (Lipinski definition) is 1. The second kappa shape index (κ2) is 4.83. The molecule has 1 aromatic heterocycles. The van der Waals surface area contributed by atoms with Crippen molar-refractivity contribution in [1.29, 1.82) is 0 Å². The first-order valence-corrected chi connectivity index (χ1v) is 7.11. The summed E-state index contributed by atoms with van der Waals surface area (Å²) < 4.78 is 0. The predicted octanol–water partition coefficient (Wildman–Crippen LogP) is 2.17. The normalized spacial score (nSPS) is 28.6. The lowest BCUT2D eigenvalue weighted by Gasteiger charge is -2.27. The molecular formula is C15H21N3O. The van der Waals surface area contributed by atoms with Crippen molar-refractivity contribution in [2.75, 3.05) is 19.3 Å². The molecule has 19 heavy (non-hydrogen) atoms. The molecule has 0 aliphatic heterocycles. The van der Waals surface area contributed by atoms with Crippen LogP contribution in [0.4, 0.5) is 5.82 Å². The Morgan fingerprint density at radius 1 is 1.42 bits per heavy atom. The molecule has 4 nitrogen and oxygen atoms in total. The highest BCUT2D eigenvalue weighted by molar-refractivity contribution is 5.92. The molecule has 3 rings (SSSR count). The van der Waals surface area contributed by atoms with Crippen molar-refractivity contribution in [3.05, 3.63) is 23.9 Å². The summed E-state index contributed by atoms with van der Waals surface area (Å²) in [5.74, 6) is 2.83. The highest BCUT2D eigenvalue weighted by Crippen LogP contribution is 2.48. The van der Waals surface area contributed by atoms with E-state index in [9.17, 15) is 4.79 Å². The summed E-state index contributed by atoms with van der Waals surface area (Å²) in [4.78, 5) is 18.2. The molecule has 3 unspecified atom stereocenters. The minimum atomic E-state index is -0.0185. The molecule has 2 fully saturated rings. The van der Waals surface area contributed by atoms with Gasteiger partial charge in [0.25, 0.3) is 5.91 Å². The molecule has 4 heteroatoms. The van der Waals surface area contributed by atoms with E-state index in [1.54, 1.807) is 18.2 Å². The number of hydrogen-bond acceptors (Lipinski definition) is 3. The molecule has 2 aliphatic carbocycles. The van der Waals surface area contributed by atoms with Gasteiger partial charge in [0, 0.05) is 13.6 Å². The van der Waals surface area contributed by atoms with Gasteiger partial charge in [0.2, 0.25) is 0 Å². The number of nitrogen functional groups attached to an aromatic ring is 1. The van der Waals surface area contributed by atoms with E-state index in [0.29, 0.717) is 17.4 Å². The average molecular weight is 259 g/mol. The van der Waals surface area contributed by atoms with Gasteiger partial charge in [-0.05, 0) is 49.1 Å².